The molecule has 1 saturated heterocycles. The van der Waals surface area contributed by atoms with Crippen LogP contribution in [0.1, 0.15) is 43.4 Å². The minimum absolute atomic E-state index is 0.103. The summed E-state index contributed by atoms with van der Waals surface area (Å²) in [4.78, 5) is 14.2. The fraction of sp³-hybridized carbons (Fsp3) is 0.562. The number of likely N-dealkylation sites (tertiary alicyclic amines) is 1. The summed E-state index contributed by atoms with van der Waals surface area (Å²) in [5, 5.41) is 10.3. The van der Waals surface area contributed by atoms with Gasteiger partial charge in [-0.3, -0.25) is 0 Å². The second-order valence-electron chi connectivity index (χ2n) is 5.80. The molecule has 110 valence electrons. The van der Waals surface area contributed by atoms with Gasteiger partial charge >= 0.3 is 5.97 Å². The molecule has 1 N–H and O–H groups in total. The smallest absolute Gasteiger partial charge is 0.339 e. The second kappa shape index (κ2) is 6.37. The monoisotopic (exact) mass is 277 g/mol. The number of aliphatic hydroxyl groups is 1. The topological polar surface area (TPSA) is 49.8 Å². The zero-order valence-electron chi connectivity index (χ0n) is 12.4. The lowest BCUT2D eigenvalue weighted by Crippen LogP contribution is -2.26. The van der Waals surface area contributed by atoms with E-state index >= 15 is 0 Å². The van der Waals surface area contributed by atoms with Crippen molar-refractivity contribution < 1.29 is 14.6 Å². The molecule has 1 aromatic carbocycles. The van der Waals surface area contributed by atoms with Gasteiger partial charge in [-0.15, -0.1) is 0 Å². The highest BCUT2D eigenvalue weighted by Gasteiger charge is 2.28. The van der Waals surface area contributed by atoms with Crippen LogP contribution in [0.2, 0.25) is 0 Å². The zero-order valence-corrected chi connectivity index (χ0v) is 12.4. The molecule has 0 saturated carbocycles. The van der Waals surface area contributed by atoms with E-state index < -0.39 is 12.1 Å². The van der Waals surface area contributed by atoms with Gasteiger partial charge in [0.25, 0.3) is 0 Å². The van der Waals surface area contributed by atoms with Gasteiger partial charge in [-0.05, 0) is 30.5 Å². The number of likely N-dealkylation sites (N-methyl/N-ethyl adjacent to an activating group) is 1. The molecule has 4 heteroatoms. The van der Waals surface area contributed by atoms with Gasteiger partial charge in [0.1, 0.15) is 6.10 Å². The molecule has 1 aliphatic rings. The number of carbonyl (C=O) groups excluding carboxylic acids is 1. The average Bonchev–Trinajstić information content (AvgIpc) is 2.83. The number of carbonyl (C=O) groups is 1. The van der Waals surface area contributed by atoms with Gasteiger partial charge in [0.05, 0.1) is 0 Å². The Morgan fingerprint density at radius 1 is 1.35 bits per heavy atom. The average molecular weight is 277 g/mol. The van der Waals surface area contributed by atoms with E-state index in [0.29, 0.717) is 5.56 Å². The van der Waals surface area contributed by atoms with Gasteiger partial charge in [-0.1, -0.05) is 38.1 Å². The van der Waals surface area contributed by atoms with Crippen LogP contribution in [-0.2, 0) is 9.53 Å². The van der Waals surface area contributed by atoms with Crippen molar-refractivity contribution in [3.8, 4) is 0 Å². The molecule has 2 atom stereocenters. The SMILES string of the molecule is CC(C)c1ccccc1C(O)C(=O)OC1CCN(C)C1. The van der Waals surface area contributed by atoms with Gasteiger partial charge in [0.2, 0.25) is 0 Å². The van der Waals surface area contributed by atoms with E-state index in [9.17, 15) is 9.90 Å². The van der Waals surface area contributed by atoms with Crippen LogP contribution < -0.4 is 0 Å². The third-order valence-corrected chi connectivity index (χ3v) is 3.77. The van der Waals surface area contributed by atoms with E-state index in [1.165, 1.54) is 0 Å². The third kappa shape index (κ3) is 3.38. The van der Waals surface area contributed by atoms with Crippen molar-refractivity contribution in [3.05, 3.63) is 35.4 Å². The fourth-order valence-corrected chi connectivity index (χ4v) is 2.63. The van der Waals surface area contributed by atoms with Crippen LogP contribution in [0.25, 0.3) is 0 Å². The molecule has 2 rings (SSSR count). The van der Waals surface area contributed by atoms with Crippen LogP contribution in [-0.4, -0.2) is 42.2 Å². The Bertz CT molecular complexity index is 473. The van der Waals surface area contributed by atoms with E-state index in [1.807, 2.05) is 39.1 Å². The van der Waals surface area contributed by atoms with Gasteiger partial charge in [0, 0.05) is 13.1 Å². The molecule has 0 aromatic heterocycles. The molecule has 2 unspecified atom stereocenters. The molecule has 0 aliphatic carbocycles. The number of ether oxygens (including phenoxy) is 1. The molecule has 1 aromatic rings. The molecule has 0 amide bonds. The van der Waals surface area contributed by atoms with E-state index in [1.54, 1.807) is 6.07 Å². The minimum atomic E-state index is -1.19. The maximum absolute atomic E-state index is 12.1. The van der Waals surface area contributed by atoms with Crippen molar-refractivity contribution in [3.63, 3.8) is 0 Å². The summed E-state index contributed by atoms with van der Waals surface area (Å²) in [5.74, 6) is -0.287. The maximum atomic E-state index is 12.1. The Balaban J connectivity index is 2.07. The lowest BCUT2D eigenvalue weighted by atomic mass is 9.94. The number of nitrogens with zero attached hydrogens (tertiary/aromatic N) is 1. The highest BCUT2D eigenvalue weighted by molar-refractivity contribution is 5.77. The van der Waals surface area contributed by atoms with Crippen molar-refractivity contribution in [2.75, 3.05) is 20.1 Å². The predicted molar refractivity (Wildman–Crippen MR) is 77.5 cm³/mol. The lowest BCUT2D eigenvalue weighted by molar-refractivity contribution is -0.158. The summed E-state index contributed by atoms with van der Waals surface area (Å²) in [6.07, 6.45) is -0.464. The van der Waals surface area contributed by atoms with Crippen LogP contribution in [0.4, 0.5) is 0 Å². The van der Waals surface area contributed by atoms with Crippen molar-refractivity contribution >= 4 is 5.97 Å². The second-order valence-corrected chi connectivity index (χ2v) is 5.80. The van der Waals surface area contributed by atoms with Gasteiger partial charge < -0.3 is 14.7 Å². The normalized spacial score (nSPS) is 21.1. The fourth-order valence-electron chi connectivity index (χ4n) is 2.63. The largest absolute Gasteiger partial charge is 0.459 e. The van der Waals surface area contributed by atoms with Crippen LogP contribution in [0.3, 0.4) is 0 Å². The van der Waals surface area contributed by atoms with Crippen molar-refractivity contribution in [1.82, 2.24) is 4.90 Å². The van der Waals surface area contributed by atoms with Crippen molar-refractivity contribution in [2.24, 2.45) is 0 Å². The first kappa shape index (κ1) is 15.0. The van der Waals surface area contributed by atoms with Crippen LogP contribution in [0.15, 0.2) is 24.3 Å². The highest BCUT2D eigenvalue weighted by Crippen LogP contribution is 2.26. The first-order chi connectivity index (χ1) is 9.49. The first-order valence-electron chi connectivity index (χ1n) is 7.15. The summed E-state index contributed by atoms with van der Waals surface area (Å²) in [6.45, 7) is 5.76. The molecular weight excluding hydrogens is 254 g/mol. The molecule has 1 fully saturated rings. The Labute approximate surface area is 120 Å². The number of hydrogen-bond donors (Lipinski definition) is 1. The van der Waals surface area contributed by atoms with Gasteiger partial charge in [-0.25, -0.2) is 4.79 Å². The Morgan fingerprint density at radius 2 is 2.00 bits per heavy atom. The van der Waals surface area contributed by atoms with E-state index in [-0.39, 0.29) is 12.0 Å². The number of esters is 1. The van der Waals surface area contributed by atoms with Gasteiger partial charge in [0.15, 0.2) is 6.10 Å². The zero-order chi connectivity index (χ0) is 14.7. The number of rotatable bonds is 4. The van der Waals surface area contributed by atoms with Crippen LogP contribution >= 0.6 is 0 Å². The van der Waals surface area contributed by atoms with E-state index in [0.717, 1.165) is 25.1 Å². The molecule has 4 nitrogen and oxygen atoms in total. The van der Waals surface area contributed by atoms with Crippen LogP contribution in [0.5, 0.6) is 0 Å². The maximum Gasteiger partial charge on any atom is 0.339 e. The quantitative estimate of drug-likeness (QED) is 0.856. The molecule has 0 radical (unpaired) electrons. The summed E-state index contributed by atoms with van der Waals surface area (Å²) >= 11 is 0. The Morgan fingerprint density at radius 3 is 2.55 bits per heavy atom. The summed E-state index contributed by atoms with van der Waals surface area (Å²) < 4.78 is 5.40. The molecule has 20 heavy (non-hydrogen) atoms. The summed E-state index contributed by atoms with van der Waals surface area (Å²) in [5.41, 5.74) is 1.64. The third-order valence-electron chi connectivity index (χ3n) is 3.77. The molecule has 0 spiro atoms. The number of aliphatic hydroxyl groups excluding tert-OH is 1. The summed E-state index contributed by atoms with van der Waals surface area (Å²) in [7, 11) is 2.00. The number of benzene rings is 1. The van der Waals surface area contributed by atoms with Crippen molar-refractivity contribution in [1.29, 1.82) is 0 Å². The number of hydrogen-bond acceptors (Lipinski definition) is 4. The van der Waals surface area contributed by atoms with Crippen LogP contribution in [0, 0.1) is 0 Å². The molecule has 1 heterocycles. The van der Waals surface area contributed by atoms with Crippen molar-refractivity contribution in [2.45, 2.75) is 38.4 Å². The molecule has 0 bridgehead atoms. The molecular formula is C16H23NO3. The summed E-state index contributed by atoms with van der Waals surface area (Å²) in [6, 6.07) is 7.49. The predicted octanol–water partition coefficient (Wildman–Crippen LogP) is 2.09. The molecule has 1 aliphatic heterocycles. The standard InChI is InChI=1S/C16H23NO3/c1-11(2)13-6-4-5-7-14(13)15(18)16(19)20-12-8-9-17(3)10-12/h4-7,11-12,15,18H,8-10H2,1-3H3. The van der Waals surface area contributed by atoms with E-state index in [4.69, 9.17) is 4.74 Å². The lowest BCUT2D eigenvalue weighted by Gasteiger charge is -2.19. The Kier molecular flexibility index (Phi) is 4.78. The minimum Gasteiger partial charge on any atom is -0.459 e. The Hall–Kier alpha value is -1.39. The highest BCUT2D eigenvalue weighted by atomic mass is 16.6. The van der Waals surface area contributed by atoms with Gasteiger partial charge in [-0.2, -0.15) is 0 Å². The first-order valence-corrected chi connectivity index (χ1v) is 7.15. The van der Waals surface area contributed by atoms with E-state index in [2.05, 4.69) is 4.90 Å².